The van der Waals surface area contributed by atoms with Crippen LogP contribution in [0.25, 0.3) is 0 Å². The standard InChI is InChI=1S/C9H11ClN2O3/c10-8-2-5(9(11)12-15)1-6(3-13)7(8)4-14/h1-2,13-15H,3-4H2,(H2,11,12). The topological polar surface area (TPSA) is 99.1 Å². The third kappa shape index (κ3) is 2.38. The smallest absolute Gasteiger partial charge is 0.170 e. The Hall–Kier alpha value is -1.30. The highest BCUT2D eigenvalue weighted by Gasteiger charge is 2.10. The van der Waals surface area contributed by atoms with Crippen LogP contribution in [0.2, 0.25) is 5.02 Å². The molecule has 5 nitrogen and oxygen atoms in total. The maximum atomic E-state index is 9.04. The van der Waals surface area contributed by atoms with E-state index in [-0.39, 0.29) is 24.1 Å². The zero-order valence-corrected chi connectivity index (χ0v) is 8.57. The number of hydrogen-bond donors (Lipinski definition) is 4. The van der Waals surface area contributed by atoms with Gasteiger partial charge in [-0.2, -0.15) is 0 Å². The average molecular weight is 231 g/mol. The first kappa shape index (κ1) is 11.8. The largest absolute Gasteiger partial charge is 0.409 e. The Bertz CT molecular complexity index is 393. The van der Waals surface area contributed by atoms with Crippen molar-refractivity contribution in [2.24, 2.45) is 10.9 Å². The van der Waals surface area contributed by atoms with E-state index in [1.165, 1.54) is 12.1 Å². The molecule has 0 aliphatic heterocycles. The summed E-state index contributed by atoms with van der Waals surface area (Å²) in [5, 5.41) is 29.6. The minimum absolute atomic E-state index is 0.101. The molecule has 6 heteroatoms. The lowest BCUT2D eigenvalue weighted by Gasteiger charge is -2.09. The summed E-state index contributed by atoms with van der Waals surface area (Å²) in [6.07, 6.45) is 0. The van der Waals surface area contributed by atoms with Crippen molar-refractivity contribution in [1.29, 1.82) is 0 Å². The fourth-order valence-corrected chi connectivity index (χ4v) is 1.52. The van der Waals surface area contributed by atoms with Crippen LogP contribution in [0.4, 0.5) is 0 Å². The number of aliphatic hydroxyl groups is 2. The molecule has 0 bridgehead atoms. The average Bonchev–Trinajstić information content (AvgIpc) is 2.26. The second-order valence-electron chi connectivity index (χ2n) is 2.90. The predicted molar refractivity (Wildman–Crippen MR) is 55.8 cm³/mol. The maximum absolute atomic E-state index is 9.04. The van der Waals surface area contributed by atoms with E-state index >= 15 is 0 Å². The number of hydrogen-bond acceptors (Lipinski definition) is 4. The number of aliphatic hydroxyl groups excluding tert-OH is 2. The van der Waals surface area contributed by atoms with Crippen molar-refractivity contribution in [2.45, 2.75) is 13.2 Å². The number of nitrogens with zero attached hydrogens (tertiary/aromatic N) is 1. The minimum Gasteiger partial charge on any atom is -0.409 e. The minimum atomic E-state index is -0.276. The molecule has 0 radical (unpaired) electrons. The van der Waals surface area contributed by atoms with Crippen LogP contribution in [-0.4, -0.2) is 21.3 Å². The van der Waals surface area contributed by atoms with Crippen LogP contribution in [0.5, 0.6) is 0 Å². The summed E-state index contributed by atoms with van der Waals surface area (Å²) in [5.74, 6) is -0.101. The Morgan fingerprint density at radius 3 is 2.47 bits per heavy atom. The zero-order valence-electron chi connectivity index (χ0n) is 7.81. The number of oxime groups is 1. The first-order chi connectivity index (χ1) is 7.13. The number of rotatable bonds is 3. The normalized spacial score (nSPS) is 11.8. The molecule has 0 atom stereocenters. The lowest BCUT2D eigenvalue weighted by molar-refractivity contribution is 0.260. The van der Waals surface area contributed by atoms with Crippen molar-refractivity contribution in [1.82, 2.24) is 0 Å². The first-order valence-electron chi connectivity index (χ1n) is 4.15. The zero-order chi connectivity index (χ0) is 11.4. The van der Waals surface area contributed by atoms with Crippen molar-refractivity contribution in [3.8, 4) is 0 Å². The molecule has 1 aromatic rings. The molecule has 0 aromatic heterocycles. The molecule has 0 heterocycles. The van der Waals surface area contributed by atoms with Crippen molar-refractivity contribution in [3.63, 3.8) is 0 Å². The van der Waals surface area contributed by atoms with Crippen LogP contribution < -0.4 is 5.73 Å². The van der Waals surface area contributed by atoms with Gasteiger partial charge < -0.3 is 21.2 Å². The van der Waals surface area contributed by atoms with Gasteiger partial charge in [-0.1, -0.05) is 16.8 Å². The quantitative estimate of drug-likeness (QED) is 0.262. The Morgan fingerprint density at radius 1 is 1.33 bits per heavy atom. The highest BCUT2D eigenvalue weighted by Crippen LogP contribution is 2.22. The summed E-state index contributed by atoms with van der Waals surface area (Å²) < 4.78 is 0. The fourth-order valence-electron chi connectivity index (χ4n) is 1.22. The molecule has 0 fully saturated rings. The third-order valence-corrected chi connectivity index (χ3v) is 2.36. The third-order valence-electron chi connectivity index (χ3n) is 2.02. The molecule has 1 rings (SSSR count). The van der Waals surface area contributed by atoms with Gasteiger partial charge in [0.1, 0.15) is 0 Å². The van der Waals surface area contributed by atoms with Gasteiger partial charge >= 0.3 is 0 Å². The molecule has 0 unspecified atom stereocenters. The lowest BCUT2D eigenvalue weighted by atomic mass is 10.0. The fraction of sp³-hybridized carbons (Fsp3) is 0.222. The number of amidine groups is 1. The molecule has 82 valence electrons. The van der Waals surface area contributed by atoms with Crippen molar-refractivity contribution in [2.75, 3.05) is 0 Å². The predicted octanol–water partition coefficient (Wildman–Crippen LogP) is 0.419. The Kier molecular flexibility index (Phi) is 3.90. The van der Waals surface area contributed by atoms with Crippen LogP contribution in [0.1, 0.15) is 16.7 Å². The van der Waals surface area contributed by atoms with E-state index < -0.39 is 0 Å². The SMILES string of the molecule is N/C(=N\O)c1cc(Cl)c(CO)c(CO)c1. The molecule has 0 saturated heterocycles. The highest BCUT2D eigenvalue weighted by atomic mass is 35.5. The molecule has 0 aliphatic rings. The summed E-state index contributed by atoms with van der Waals surface area (Å²) in [6, 6.07) is 2.97. The first-order valence-corrected chi connectivity index (χ1v) is 4.52. The van der Waals surface area contributed by atoms with Gasteiger partial charge in [0.25, 0.3) is 0 Å². The monoisotopic (exact) mass is 230 g/mol. The number of nitrogens with two attached hydrogens (primary N) is 1. The Morgan fingerprint density at radius 2 is 2.00 bits per heavy atom. The Labute approximate surface area is 91.4 Å². The van der Waals surface area contributed by atoms with E-state index in [1.54, 1.807) is 0 Å². The van der Waals surface area contributed by atoms with Crippen molar-refractivity contribution < 1.29 is 15.4 Å². The molecular formula is C9H11ClN2O3. The van der Waals surface area contributed by atoms with Gasteiger partial charge in [0.2, 0.25) is 0 Å². The molecule has 0 saturated carbocycles. The Balaban J connectivity index is 3.32. The number of halogens is 1. The van der Waals surface area contributed by atoms with Gasteiger partial charge in [0, 0.05) is 16.1 Å². The molecule has 1 aromatic carbocycles. The van der Waals surface area contributed by atoms with Crippen LogP contribution in [0.3, 0.4) is 0 Å². The van der Waals surface area contributed by atoms with E-state index in [2.05, 4.69) is 5.16 Å². The van der Waals surface area contributed by atoms with Crippen LogP contribution in [0, 0.1) is 0 Å². The van der Waals surface area contributed by atoms with Gasteiger partial charge in [0.15, 0.2) is 5.84 Å². The van der Waals surface area contributed by atoms with E-state index in [4.69, 9.17) is 32.8 Å². The summed E-state index contributed by atoms with van der Waals surface area (Å²) in [5.41, 5.74) is 6.66. The molecule has 15 heavy (non-hydrogen) atoms. The van der Waals surface area contributed by atoms with Crippen LogP contribution >= 0.6 is 11.6 Å². The summed E-state index contributed by atoms with van der Waals surface area (Å²) in [4.78, 5) is 0. The highest BCUT2D eigenvalue weighted by molar-refractivity contribution is 6.31. The van der Waals surface area contributed by atoms with E-state index in [0.29, 0.717) is 16.7 Å². The second-order valence-corrected chi connectivity index (χ2v) is 3.30. The molecule has 0 aliphatic carbocycles. The van der Waals surface area contributed by atoms with Crippen LogP contribution in [-0.2, 0) is 13.2 Å². The van der Waals surface area contributed by atoms with Gasteiger partial charge in [0.05, 0.1) is 13.2 Å². The van der Waals surface area contributed by atoms with Gasteiger partial charge in [-0.3, -0.25) is 0 Å². The summed E-state index contributed by atoms with van der Waals surface area (Å²) in [6.45, 7) is -0.548. The maximum Gasteiger partial charge on any atom is 0.170 e. The lowest BCUT2D eigenvalue weighted by Crippen LogP contribution is -2.14. The molecule has 0 amide bonds. The van der Waals surface area contributed by atoms with Crippen LogP contribution in [0.15, 0.2) is 17.3 Å². The second kappa shape index (κ2) is 4.97. The molecule has 0 spiro atoms. The summed E-state index contributed by atoms with van der Waals surface area (Å²) >= 11 is 5.85. The van der Waals surface area contributed by atoms with E-state index in [0.717, 1.165) is 0 Å². The molecular weight excluding hydrogens is 220 g/mol. The van der Waals surface area contributed by atoms with E-state index in [9.17, 15) is 0 Å². The van der Waals surface area contributed by atoms with Gasteiger partial charge in [-0.25, -0.2) is 0 Å². The van der Waals surface area contributed by atoms with Crippen molar-refractivity contribution >= 4 is 17.4 Å². The van der Waals surface area contributed by atoms with Gasteiger partial charge in [-0.05, 0) is 17.7 Å². The number of benzene rings is 1. The van der Waals surface area contributed by atoms with Crippen molar-refractivity contribution in [3.05, 3.63) is 33.8 Å². The molecule has 5 N–H and O–H groups in total. The van der Waals surface area contributed by atoms with Gasteiger partial charge in [-0.15, -0.1) is 0 Å². The summed E-state index contributed by atoms with van der Waals surface area (Å²) in [7, 11) is 0. The van der Waals surface area contributed by atoms with E-state index in [1.807, 2.05) is 0 Å².